The second-order valence-electron chi connectivity index (χ2n) is 3.19. The van der Waals surface area contributed by atoms with Gasteiger partial charge in [-0.15, -0.1) is 11.3 Å². The highest BCUT2D eigenvalue weighted by Gasteiger charge is 2.11. The molecular weight excluding hydrogens is 208 g/mol. The predicted molar refractivity (Wildman–Crippen MR) is 62.0 cm³/mol. The second-order valence-corrected chi connectivity index (χ2v) is 4.25. The molecule has 0 saturated carbocycles. The smallest absolute Gasteiger partial charge is 0.171 e. The molecule has 15 heavy (non-hydrogen) atoms. The van der Waals surface area contributed by atoms with E-state index in [1.165, 1.54) is 18.3 Å². The van der Waals surface area contributed by atoms with E-state index >= 15 is 0 Å². The number of ketones is 1. The van der Waals surface area contributed by atoms with Crippen LogP contribution in [0, 0.1) is 0 Å². The van der Waals surface area contributed by atoms with Crippen molar-refractivity contribution in [1.82, 2.24) is 4.98 Å². The Hall–Kier alpha value is -1.68. The number of nitrogens with two attached hydrogens (primary N) is 1. The van der Waals surface area contributed by atoms with Crippen LogP contribution in [-0.2, 0) is 0 Å². The van der Waals surface area contributed by atoms with Crippen LogP contribution in [0.1, 0.15) is 16.6 Å². The molecule has 0 fully saturated rings. The third-order valence-corrected chi connectivity index (χ3v) is 3.33. The average molecular weight is 218 g/mol. The number of thiophene rings is 1. The number of hydrogen-bond donors (Lipinski definition) is 1. The predicted octanol–water partition coefficient (Wildman–Crippen LogP) is 2.59. The van der Waals surface area contributed by atoms with Crippen molar-refractivity contribution in [3.63, 3.8) is 0 Å². The quantitative estimate of drug-likeness (QED) is 0.788. The van der Waals surface area contributed by atoms with Crippen LogP contribution in [0.25, 0.3) is 10.4 Å². The molecule has 0 bridgehead atoms. The standard InChI is InChI=1S/C11H10N2OS/c1-7(14)11-9(12)5-10(15-11)8-3-2-4-13-6-8/h2-6H,12H2,1H3. The van der Waals surface area contributed by atoms with Crippen LogP contribution in [0.3, 0.4) is 0 Å². The van der Waals surface area contributed by atoms with Gasteiger partial charge in [-0.25, -0.2) is 0 Å². The molecule has 2 heterocycles. The van der Waals surface area contributed by atoms with Crippen molar-refractivity contribution < 1.29 is 4.79 Å². The van der Waals surface area contributed by atoms with E-state index in [9.17, 15) is 4.79 Å². The Balaban J connectivity index is 2.48. The summed E-state index contributed by atoms with van der Waals surface area (Å²) >= 11 is 1.41. The van der Waals surface area contributed by atoms with Crippen molar-refractivity contribution in [2.24, 2.45) is 0 Å². The molecule has 0 aliphatic heterocycles. The number of carbonyl (C=O) groups is 1. The van der Waals surface area contributed by atoms with Gasteiger partial charge < -0.3 is 5.73 Å². The van der Waals surface area contributed by atoms with Crippen molar-refractivity contribution >= 4 is 22.8 Å². The van der Waals surface area contributed by atoms with Crippen LogP contribution in [0.5, 0.6) is 0 Å². The summed E-state index contributed by atoms with van der Waals surface area (Å²) in [4.78, 5) is 16.8. The van der Waals surface area contributed by atoms with Crippen molar-refractivity contribution in [3.05, 3.63) is 35.5 Å². The number of hydrogen-bond acceptors (Lipinski definition) is 4. The van der Waals surface area contributed by atoms with E-state index in [0.29, 0.717) is 10.6 Å². The minimum atomic E-state index is 0.00707. The van der Waals surface area contributed by atoms with E-state index in [1.807, 2.05) is 18.2 Å². The van der Waals surface area contributed by atoms with Crippen LogP contribution < -0.4 is 5.73 Å². The maximum atomic E-state index is 11.2. The van der Waals surface area contributed by atoms with Gasteiger partial charge in [0.2, 0.25) is 0 Å². The first-order chi connectivity index (χ1) is 7.18. The normalized spacial score (nSPS) is 10.2. The van der Waals surface area contributed by atoms with E-state index in [-0.39, 0.29) is 5.78 Å². The Morgan fingerprint density at radius 1 is 1.53 bits per heavy atom. The molecule has 3 nitrogen and oxygen atoms in total. The van der Waals surface area contributed by atoms with E-state index < -0.39 is 0 Å². The Labute approximate surface area is 91.6 Å². The largest absolute Gasteiger partial charge is 0.397 e. The van der Waals surface area contributed by atoms with E-state index in [4.69, 9.17) is 5.73 Å². The minimum absolute atomic E-state index is 0.00707. The number of nitrogen functional groups attached to an aromatic ring is 1. The molecular formula is C11H10N2OS. The molecule has 2 N–H and O–H groups in total. The monoisotopic (exact) mass is 218 g/mol. The third-order valence-electron chi connectivity index (χ3n) is 2.03. The summed E-state index contributed by atoms with van der Waals surface area (Å²) in [7, 11) is 0. The molecule has 0 spiro atoms. The fourth-order valence-corrected chi connectivity index (χ4v) is 2.30. The molecule has 0 aliphatic carbocycles. The summed E-state index contributed by atoms with van der Waals surface area (Å²) in [6.07, 6.45) is 3.47. The van der Waals surface area contributed by atoms with Crippen molar-refractivity contribution in [1.29, 1.82) is 0 Å². The molecule has 0 radical (unpaired) electrons. The SMILES string of the molecule is CC(=O)c1sc(-c2cccnc2)cc1N. The number of aromatic nitrogens is 1. The Morgan fingerprint density at radius 2 is 2.33 bits per heavy atom. The van der Waals surface area contributed by atoms with Crippen LogP contribution in [0.4, 0.5) is 5.69 Å². The highest BCUT2D eigenvalue weighted by atomic mass is 32.1. The highest BCUT2D eigenvalue weighted by molar-refractivity contribution is 7.18. The molecule has 76 valence electrons. The lowest BCUT2D eigenvalue weighted by Gasteiger charge is -1.93. The van der Waals surface area contributed by atoms with Gasteiger partial charge in [0.25, 0.3) is 0 Å². The average Bonchev–Trinajstić information content (AvgIpc) is 2.62. The van der Waals surface area contributed by atoms with Gasteiger partial charge in [-0.3, -0.25) is 9.78 Å². The van der Waals surface area contributed by atoms with Crippen molar-refractivity contribution in [2.75, 3.05) is 5.73 Å². The molecule has 0 atom stereocenters. The highest BCUT2D eigenvalue weighted by Crippen LogP contribution is 2.32. The maximum absolute atomic E-state index is 11.2. The summed E-state index contributed by atoms with van der Waals surface area (Å²) in [5, 5.41) is 0. The molecule has 2 rings (SSSR count). The molecule has 0 unspecified atom stereocenters. The molecule has 2 aromatic heterocycles. The summed E-state index contributed by atoms with van der Waals surface area (Å²) in [5.41, 5.74) is 7.28. The molecule has 0 saturated heterocycles. The first-order valence-corrected chi connectivity index (χ1v) is 5.31. The van der Waals surface area contributed by atoms with Gasteiger partial charge in [-0.05, 0) is 12.1 Å². The summed E-state index contributed by atoms with van der Waals surface area (Å²) < 4.78 is 0. The summed E-state index contributed by atoms with van der Waals surface area (Å²) in [6.45, 7) is 1.52. The fraction of sp³-hybridized carbons (Fsp3) is 0.0909. The number of Topliss-reactive ketones (excluding diaryl/α,β-unsaturated/α-hetero) is 1. The van der Waals surface area contributed by atoms with Crippen LogP contribution in [0.15, 0.2) is 30.6 Å². The zero-order valence-electron chi connectivity index (χ0n) is 8.23. The number of pyridine rings is 1. The number of nitrogens with zero attached hydrogens (tertiary/aromatic N) is 1. The van der Waals surface area contributed by atoms with Crippen LogP contribution in [-0.4, -0.2) is 10.8 Å². The van der Waals surface area contributed by atoms with E-state index in [1.54, 1.807) is 12.4 Å². The molecule has 0 aliphatic rings. The second kappa shape index (κ2) is 3.82. The van der Waals surface area contributed by atoms with Gasteiger partial charge >= 0.3 is 0 Å². The lowest BCUT2D eigenvalue weighted by molar-refractivity contribution is 0.102. The zero-order chi connectivity index (χ0) is 10.8. The van der Waals surface area contributed by atoms with Gasteiger partial charge in [-0.1, -0.05) is 6.07 Å². The van der Waals surface area contributed by atoms with Gasteiger partial charge in [0.15, 0.2) is 5.78 Å². The lowest BCUT2D eigenvalue weighted by Crippen LogP contribution is -1.92. The van der Waals surface area contributed by atoms with Crippen molar-refractivity contribution in [2.45, 2.75) is 6.92 Å². The van der Waals surface area contributed by atoms with Crippen LogP contribution in [0.2, 0.25) is 0 Å². The first-order valence-electron chi connectivity index (χ1n) is 4.49. The van der Waals surface area contributed by atoms with Crippen LogP contribution >= 0.6 is 11.3 Å². The summed E-state index contributed by atoms with van der Waals surface area (Å²) in [6, 6.07) is 5.62. The fourth-order valence-electron chi connectivity index (χ4n) is 1.33. The Kier molecular flexibility index (Phi) is 2.51. The molecule has 2 aromatic rings. The maximum Gasteiger partial charge on any atom is 0.171 e. The van der Waals surface area contributed by atoms with Gasteiger partial charge in [0, 0.05) is 29.8 Å². The summed E-state index contributed by atoms with van der Waals surface area (Å²) in [5.74, 6) is 0.00707. The van der Waals surface area contributed by atoms with E-state index in [2.05, 4.69) is 4.98 Å². The first kappa shape index (κ1) is 9.86. The Bertz CT molecular complexity index is 491. The zero-order valence-corrected chi connectivity index (χ0v) is 9.04. The number of anilines is 1. The van der Waals surface area contributed by atoms with E-state index in [0.717, 1.165) is 10.4 Å². The minimum Gasteiger partial charge on any atom is -0.397 e. The lowest BCUT2D eigenvalue weighted by atomic mass is 10.2. The van der Waals surface area contributed by atoms with Gasteiger partial charge in [-0.2, -0.15) is 0 Å². The van der Waals surface area contributed by atoms with Gasteiger partial charge in [0.1, 0.15) is 0 Å². The van der Waals surface area contributed by atoms with Crippen molar-refractivity contribution in [3.8, 4) is 10.4 Å². The topological polar surface area (TPSA) is 56.0 Å². The third kappa shape index (κ3) is 1.89. The number of carbonyl (C=O) groups excluding carboxylic acids is 1. The Morgan fingerprint density at radius 3 is 2.87 bits per heavy atom. The van der Waals surface area contributed by atoms with Gasteiger partial charge in [0.05, 0.1) is 10.6 Å². The number of rotatable bonds is 2. The molecule has 0 aromatic carbocycles. The molecule has 0 amide bonds. The molecule has 4 heteroatoms.